The second kappa shape index (κ2) is 6.04. The molecule has 1 aromatic carbocycles. The number of hydrogen-bond donors (Lipinski definition) is 1. The molecule has 6 heteroatoms. The fourth-order valence-corrected chi connectivity index (χ4v) is 2.43. The van der Waals surface area contributed by atoms with Gasteiger partial charge in [-0.3, -0.25) is 4.79 Å². The van der Waals surface area contributed by atoms with Gasteiger partial charge in [0.2, 0.25) is 0 Å². The van der Waals surface area contributed by atoms with E-state index in [9.17, 15) is 4.79 Å². The van der Waals surface area contributed by atoms with Crippen LogP contribution in [0.5, 0.6) is 0 Å². The molecule has 1 aromatic heterocycles. The number of anilines is 1. The molecule has 1 aliphatic rings. The fraction of sp³-hybridized carbons (Fsp3) is 0.333. The van der Waals surface area contributed by atoms with Gasteiger partial charge in [-0.1, -0.05) is 18.2 Å². The number of pyridine rings is 1. The molecule has 1 saturated heterocycles. The van der Waals surface area contributed by atoms with Gasteiger partial charge in [0.1, 0.15) is 5.82 Å². The summed E-state index contributed by atoms with van der Waals surface area (Å²) in [6, 6.07) is 12.6. The van der Waals surface area contributed by atoms with Crippen molar-refractivity contribution in [1.29, 1.82) is 0 Å². The maximum absolute atomic E-state index is 12.4. The van der Waals surface area contributed by atoms with Crippen molar-refractivity contribution in [2.75, 3.05) is 5.32 Å². The summed E-state index contributed by atoms with van der Waals surface area (Å²) in [6.07, 6.45) is 1.64. The molecule has 3 rings (SSSR count). The number of carbonyl (C=O) groups excluding carboxylic acids is 1. The van der Waals surface area contributed by atoms with Crippen LogP contribution < -0.4 is 10.8 Å². The predicted molar refractivity (Wildman–Crippen MR) is 94.3 cm³/mol. The van der Waals surface area contributed by atoms with Crippen LogP contribution in [0.4, 0.5) is 5.82 Å². The van der Waals surface area contributed by atoms with Crippen LogP contribution in [0.1, 0.15) is 38.1 Å². The summed E-state index contributed by atoms with van der Waals surface area (Å²) in [6.45, 7) is 8.02. The molecule has 0 saturated carbocycles. The fourth-order valence-electron chi connectivity index (χ4n) is 2.43. The van der Waals surface area contributed by atoms with E-state index >= 15 is 0 Å². The average molecular weight is 324 g/mol. The van der Waals surface area contributed by atoms with Crippen molar-refractivity contribution in [3.63, 3.8) is 0 Å². The smallest absolute Gasteiger partial charge is 0.399 e. The van der Waals surface area contributed by atoms with E-state index in [1.807, 2.05) is 45.9 Å². The lowest BCUT2D eigenvalue weighted by Gasteiger charge is -2.32. The number of aromatic nitrogens is 1. The Labute approximate surface area is 142 Å². The van der Waals surface area contributed by atoms with Crippen LogP contribution in [-0.4, -0.2) is 29.2 Å². The molecule has 0 radical (unpaired) electrons. The molecule has 1 aliphatic heterocycles. The zero-order chi connectivity index (χ0) is 17.4. The van der Waals surface area contributed by atoms with Gasteiger partial charge in [0, 0.05) is 11.8 Å². The van der Waals surface area contributed by atoms with Crippen LogP contribution in [0.25, 0.3) is 0 Å². The first-order chi connectivity index (χ1) is 11.3. The Bertz CT molecular complexity index is 731. The summed E-state index contributed by atoms with van der Waals surface area (Å²) in [5.41, 5.74) is 0.531. The lowest BCUT2D eigenvalue weighted by atomic mass is 9.78. The number of nitrogens with one attached hydrogen (secondary N) is 1. The number of rotatable bonds is 3. The van der Waals surface area contributed by atoms with Crippen molar-refractivity contribution in [3.8, 4) is 0 Å². The maximum atomic E-state index is 12.4. The standard InChI is InChI=1S/C18H21BN2O3/c1-17(2)18(3,4)24-19(23-17)14-9-7-8-13(12-14)16(22)21-15-10-5-6-11-20-15/h5-12H,1-4H3,(H,20,21,22). The molecule has 0 bridgehead atoms. The van der Waals surface area contributed by atoms with E-state index in [1.165, 1.54) is 0 Å². The van der Waals surface area contributed by atoms with Crippen molar-refractivity contribution >= 4 is 24.3 Å². The molecule has 2 aromatic rings. The van der Waals surface area contributed by atoms with Crippen LogP contribution >= 0.6 is 0 Å². The number of carbonyl (C=O) groups is 1. The molecule has 1 fully saturated rings. The topological polar surface area (TPSA) is 60.5 Å². The number of nitrogens with zero attached hydrogens (tertiary/aromatic N) is 1. The lowest BCUT2D eigenvalue weighted by molar-refractivity contribution is 0.00578. The Morgan fingerprint density at radius 2 is 1.75 bits per heavy atom. The molecule has 0 unspecified atom stereocenters. The SMILES string of the molecule is CC1(C)OB(c2cccc(C(=O)Nc3ccccn3)c2)OC1(C)C. The summed E-state index contributed by atoms with van der Waals surface area (Å²) in [4.78, 5) is 16.5. The number of hydrogen-bond acceptors (Lipinski definition) is 4. The van der Waals surface area contributed by atoms with E-state index in [1.54, 1.807) is 30.5 Å². The second-order valence-electron chi connectivity index (χ2n) is 6.88. The van der Waals surface area contributed by atoms with Crippen molar-refractivity contribution in [1.82, 2.24) is 4.98 Å². The monoisotopic (exact) mass is 324 g/mol. The summed E-state index contributed by atoms with van der Waals surface area (Å²) >= 11 is 0. The van der Waals surface area contributed by atoms with Crippen molar-refractivity contribution < 1.29 is 14.1 Å². The van der Waals surface area contributed by atoms with Gasteiger partial charge in [0.05, 0.1) is 11.2 Å². The first kappa shape index (κ1) is 16.7. The molecular weight excluding hydrogens is 303 g/mol. The third-order valence-electron chi connectivity index (χ3n) is 4.58. The molecule has 124 valence electrons. The highest BCUT2D eigenvalue weighted by Gasteiger charge is 2.51. The first-order valence-electron chi connectivity index (χ1n) is 7.96. The third-order valence-corrected chi connectivity index (χ3v) is 4.58. The quantitative estimate of drug-likeness (QED) is 0.882. The molecule has 1 amide bonds. The number of benzene rings is 1. The molecule has 0 aliphatic carbocycles. The molecule has 0 spiro atoms. The zero-order valence-corrected chi connectivity index (χ0v) is 14.4. The van der Waals surface area contributed by atoms with Crippen LogP contribution in [-0.2, 0) is 9.31 Å². The van der Waals surface area contributed by atoms with Gasteiger partial charge in [0.25, 0.3) is 5.91 Å². The molecule has 5 nitrogen and oxygen atoms in total. The normalized spacial score (nSPS) is 18.4. The highest BCUT2D eigenvalue weighted by molar-refractivity contribution is 6.62. The summed E-state index contributed by atoms with van der Waals surface area (Å²) in [7, 11) is -0.488. The molecule has 24 heavy (non-hydrogen) atoms. The third kappa shape index (κ3) is 3.20. The van der Waals surface area contributed by atoms with E-state index in [-0.39, 0.29) is 5.91 Å². The van der Waals surface area contributed by atoms with Crippen molar-refractivity contribution in [2.45, 2.75) is 38.9 Å². The highest BCUT2D eigenvalue weighted by atomic mass is 16.7. The zero-order valence-electron chi connectivity index (χ0n) is 14.4. The molecule has 1 N–H and O–H groups in total. The van der Waals surface area contributed by atoms with Gasteiger partial charge in [-0.25, -0.2) is 4.98 Å². The Hall–Kier alpha value is -2.18. The van der Waals surface area contributed by atoms with Crippen LogP contribution in [0.2, 0.25) is 0 Å². The summed E-state index contributed by atoms with van der Waals surface area (Å²) in [5.74, 6) is 0.301. The minimum absolute atomic E-state index is 0.216. The van der Waals surface area contributed by atoms with E-state index < -0.39 is 18.3 Å². The molecular formula is C18H21BN2O3. The van der Waals surface area contributed by atoms with Gasteiger partial charge in [-0.2, -0.15) is 0 Å². The second-order valence-corrected chi connectivity index (χ2v) is 6.88. The largest absolute Gasteiger partial charge is 0.494 e. The summed E-state index contributed by atoms with van der Waals surface area (Å²) < 4.78 is 12.1. The van der Waals surface area contributed by atoms with E-state index in [0.717, 1.165) is 5.46 Å². The van der Waals surface area contributed by atoms with E-state index in [0.29, 0.717) is 11.4 Å². The van der Waals surface area contributed by atoms with E-state index in [4.69, 9.17) is 9.31 Å². The minimum atomic E-state index is -0.488. The Morgan fingerprint density at radius 1 is 1.04 bits per heavy atom. The predicted octanol–water partition coefficient (Wildman–Crippen LogP) is 2.63. The van der Waals surface area contributed by atoms with Crippen molar-refractivity contribution in [3.05, 3.63) is 54.2 Å². The van der Waals surface area contributed by atoms with Crippen LogP contribution in [0.3, 0.4) is 0 Å². The van der Waals surface area contributed by atoms with Gasteiger partial charge in [-0.15, -0.1) is 0 Å². The summed E-state index contributed by atoms with van der Waals surface area (Å²) in [5, 5.41) is 2.78. The molecule has 0 atom stereocenters. The maximum Gasteiger partial charge on any atom is 0.494 e. The van der Waals surface area contributed by atoms with Crippen LogP contribution in [0, 0.1) is 0 Å². The van der Waals surface area contributed by atoms with Crippen molar-refractivity contribution in [2.24, 2.45) is 0 Å². The Morgan fingerprint density at radius 3 is 2.38 bits per heavy atom. The van der Waals surface area contributed by atoms with Crippen LogP contribution in [0.15, 0.2) is 48.7 Å². The molecule has 2 heterocycles. The average Bonchev–Trinajstić information content (AvgIpc) is 2.76. The number of amides is 1. The van der Waals surface area contributed by atoms with Gasteiger partial charge >= 0.3 is 7.12 Å². The van der Waals surface area contributed by atoms with Gasteiger partial charge in [0.15, 0.2) is 0 Å². The van der Waals surface area contributed by atoms with Gasteiger partial charge < -0.3 is 14.6 Å². The van der Waals surface area contributed by atoms with E-state index in [2.05, 4.69) is 10.3 Å². The highest BCUT2D eigenvalue weighted by Crippen LogP contribution is 2.36. The first-order valence-corrected chi connectivity index (χ1v) is 7.96. The minimum Gasteiger partial charge on any atom is -0.399 e. The Balaban J connectivity index is 1.79. The Kier molecular flexibility index (Phi) is 4.19. The van der Waals surface area contributed by atoms with Gasteiger partial charge in [-0.05, 0) is 57.4 Å². The lowest BCUT2D eigenvalue weighted by Crippen LogP contribution is -2.41.